The number of hydrogen-bond acceptors (Lipinski definition) is 6. The van der Waals surface area contributed by atoms with Crippen LogP contribution in [-0.2, 0) is 33.3 Å². The smallest absolute Gasteiger partial charge is 0.437 e. The SMILES string of the molecule is CCC1CC(c2ccccc2)(N(O)C(=O)OCc2ccccc2)ON1C(=O)OCc1ccccc1. The summed E-state index contributed by atoms with van der Waals surface area (Å²) < 4.78 is 10.8. The average molecular weight is 477 g/mol. The topological polar surface area (TPSA) is 88.5 Å². The maximum atomic E-state index is 13.0. The first kappa shape index (κ1) is 24.3. The van der Waals surface area contributed by atoms with Crippen LogP contribution in [0.15, 0.2) is 91.0 Å². The molecule has 0 spiro atoms. The highest BCUT2D eigenvalue weighted by molar-refractivity contribution is 5.69. The van der Waals surface area contributed by atoms with Gasteiger partial charge in [0.1, 0.15) is 13.2 Å². The van der Waals surface area contributed by atoms with Crippen molar-refractivity contribution in [2.45, 2.75) is 44.7 Å². The van der Waals surface area contributed by atoms with Crippen LogP contribution in [0, 0.1) is 0 Å². The van der Waals surface area contributed by atoms with Gasteiger partial charge in [-0.25, -0.2) is 14.4 Å². The third-order valence-electron chi connectivity index (χ3n) is 5.89. The molecule has 0 bridgehead atoms. The van der Waals surface area contributed by atoms with Crippen LogP contribution in [0.2, 0.25) is 0 Å². The lowest BCUT2D eigenvalue weighted by Gasteiger charge is -2.34. The lowest BCUT2D eigenvalue weighted by Crippen LogP contribution is -2.48. The molecule has 1 aliphatic rings. The second-order valence-electron chi connectivity index (χ2n) is 8.23. The highest BCUT2D eigenvalue weighted by atomic mass is 16.8. The fourth-order valence-electron chi connectivity index (χ4n) is 4.00. The quantitative estimate of drug-likeness (QED) is 0.352. The van der Waals surface area contributed by atoms with E-state index in [0.717, 1.165) is 16.2 Å². The van der Waals surface area contributed by atoms with Crippen LogP contribution in [0.4, 0.5) is 9.59 Å². The van der Waals surface area contributed by atoms with Crippen molar-refractivity contribution in [3.63, 3.8) is 0 Å². The zero-order chi connectivity index (χ0) is 24.7. The van der Waals surface area contributed by atoms with Crippen molar-refractivity contribution in [3.05, 3.63) is 108 Å². The summed E-state index contributed by atoms with van der Waals surface area (Å²) in [5.74, 6) is 0. The van der Waals surface area contributed by atoms with Gasteiger partial charge in [0.15, 0.2) is 0 Å². The molecule has 2 atom stereocenters. The second-order valence-corrected chi connectivity index (χ2v) is 8.23. The highest BCUT2D eigenvalue weighted by Crippen LogP contribution is 2.43. The summed E-state index contributed by atoms with van der Waals surface area (Å²) in [6.07, 6.45) is -1.05. The minimum Gasteiger partial charge on any atom is -0.443 e. The third-order valence-corrected chi connectivity index (χ3v) is 5.89. The Balaban J connectivity index is 1.54. The standard InChI is InChI=1S/C27H28N2O6/c1-2-24-18-27(23-16-10-5-11-17-23,29(32)26(31)34-20-22-14-8-4-9-15-22)35-28(24)25(30)33-19-21-12-6-3-7-13-21/h3-17,24,32H,2,18-20H2,1H3. The van der Waals surface area contributed by atoms with Gasteiger partial charge in [-0.1, -0.05) is 97.9 Å². The van der Waals surface area contributed by atoms with Gasteiger partial charge in [0.2, 0.25) is 5.72 Å². The van der Waals surface area contributed by atoms with Gasteiger partial charge in [-0.3, -0.25) is 5.21 Å². The van der Waals surface area contributed by atoms with Gasteiger partial charge in [-0.15, -0.1) is 5.06 Å². The van der Waals surface area contributed by atoms with Gasteiger partial charge in [-0.05, 0) is 17.5 Å². The van der Waals surface area contributed by atoms with E-state index in [4.69, 9.17) is 14.3 Å². The van der Waals surface area contributed by atoms with Gasteiger partial charge in [0.25, 0.3) is 0 Å². The van der Waals surface area contributed by atoms with Gasteiger partial charge in [0.05, 0.1) is 6.04 Å². The molecule has 2 unspecified atom stereocenters. The van der Waals surface area contributed by atoms with Crippen LogP contribution in [0.25, 0.3) is 0 Å². The fraction of sp³-hybridized carbons (Fsp3) is 0.259. The number of carbonyl (C=O) groups excluding carboxylic acids is 2. The number of nitrogens with zero attached hydrogens (tertiary/aromatic N) is 2. The van der Waals surface area contributed by atoms with Crippen molar-refractivity contribution >= 4 is 12.2 Å². The monoisotopic (exact) mass is 476 g/mol. The normalized spacial score (nSPS) is 19.3. The molecule has 2 amide bonds. The number of hydroxylamine groups is 4. The predicted molar refractivity (Wildman–Crippen MR) is 127 cm³/mol. The Morgan fingerprint density at radius 3 is 1.97 bits per heavy atom. The molecule has 1 saturated heterocycles. The summed E-state index contributed by atoms with van der Waals surface area (Å²) in [4.78, 5) is 31.9. The number of benzene rings is 3. The molecule has 1 N–H and O–H groups in total. The summed E-state index contributed by atoms with van der Waals surface area (Å²) in [5.41, 5.74) is 0.432. The first-order valence-corrected chi connectivity index (χ1v) is 11.5. The van der Waals surface area contributed by atoms with E-state index in [0.29, 0.717) is 17.0 Å². The Labute approximate surface area is 204 Å². The summed E-state index contributed by atoms with van der Waals surface area (Å²) >= 11 is 0. The van der Waals surface area contributed by atoms with Crippen LogP contribution < -0.4 is 0 Å². The molecule has 1 aliphatic heterocycles. The van der Waals surface area contributed by atoms with Crippen molar-refractivity contribution in [1.82, 2.24) is 10.1 Å². The first-order chi connectivity index (χ1) is 17.0. The summed E-state index contributed by atoms with van der Waals surface area (Å²) in [6.45, 7) is 1.93. The Morgan fingerprint density at radius 1 is 0.914 bits per heavy atom. The fourth-order valence-corrected chi connectivity index (χ4v) is 4.00. The number of ether oxygens (including phenoxy) is 2. The maximum Gasteiger partial charge on any atom is 0.437 e. The first-order valence-electron chi connectivity index (χ1n) is 11.5. The molecule has 1 heterocycles. The van der Waals surface area contributed by atoms with Crippen molar-refractivity contribution in [2.75, 3.05) is 0 Å². The average Bonchev–Trinajstić information content (AvgIpc) is 3.33. The van der Waals surface area contributed by atoms with Crippen LogP contribution in [0.3, 0.4) is 0 Å². The van der Waals surface area contributed by atoms with Crippen molar-refractivity contribution < 1.29 is 29.1 Å². The van der Waals surface area contributed by atoms with Crippen molar-refractivity contribution in [2.24, 2.45) is 0 Å². The van der Waals surface area contributed by atoms with E-state index >= 15 is 0 Å². The van der Waals surface area contributed by atoms with Crippen LogP contribution >= 0.6 is 0 Å². The molecule has 0 radical (unpaired) electrons. The minimum atomic E-state index is -1.67. The molecule has 0 saturated carbocycles. The molecule has 0 aromatic heterocycles. The zero-order valence-corrected chi connectivity index (χ0v) is 19.4. The van der Waals surface area contributed by atoms with Crippen molar-refractivity contribution in [1.29, 1.82) is 0 Å². The molecule has 8 nitrogen and oxygen atoms in total. The molecular formula is C27H28N2O6. The zero-order valence-electron chi connectivity index (χ0n) is 19.4. The van der Waals surface area contributed by atoms with Gasteiger partial charge in [-0.2, -0.15) is 5.06 Å². The van der Waals surface area contributed by atoms with Gasteiger partial charge < -0.3 is 9.47 Å². The van der Waals surface area contributed by atoms with E-state index in [1.807, 2.05) is 73.7 Å². The van der Waals surface area contributed by atoms with E-state index < -0.39 is 24.0 Å². The molecule has 8 heteroatoms. The lowest BCUT2D eigenvalue weighted by atomic mass is 9.95. The summed E-state index contributed by atoms with van der Waals surface area (Å²) in [6, 6.07) is 26.8. The number of carbonyl (C=O) groups is 2. The highest BCUT2D eigenvalue weighted by Gasteiger charge is 2.55. The molecule has 35 heavy (non-hydrogen) atoms. The Bertz CT molecular complexity index is 1110. The molecule has 4 rings (SSSR count). The van der Waals surface area contributed by atoms with Crippen molar-refractivity contribution in [3.8, 4) is 0 Å². The lowest BCUT2D eigenvalue weighted by molar-refractivity contribution is -0.306. The van der Waals surface area contributed by atoms with E-state index in [1.54, 1.807) is 24.3 Å². The maximum absolute atomic E-state index is 13.0. The molecule has 3 aromatic carbocycles. The summed E-state index contributed by atoms with van der Waals surface area (Å²) in [7, 11) is 0. The Kier molecular flexibility index (Phi) is 7.64. The molecular weight excluding hydrogens is 448 g/mol. The predicted octanol–water partition coefficient (Wildman–Crippen LogP) is 5.62. The Hall–Kier alpha value is -3.88. The number of hydrogen-bond donors (Lipinski definition) is 1. The van der Waals surface area contributed by atoms with Crippen LogP contribution in [0.5, 0.6) is 0 Å². The second kappa shape index (κ2) is 11.0. The molecule has 1 fully saturated rings. The van der Waals surface area contributed by atoms with E-state index in [9.17, 15) is 14.8 Å². The largest absolute Gasteiger partial charge is 0.443 e. The van der Waals surface area contributed by atoms with E-state index in [2.05, 4.69) is 0 Å². The Morgan fingerprint density at radius 2 is 1.43 bits per heavy atom. The van der Waals surface area contributed by atoms with Gasteiger partial charge >= 0.3 is 12.2 Å². The number of amides is 2. The summed E-state index contributed by atoms with van der Waals surface area (Å²) in [5, 5.41) is 12.6. The molecule has 182 valence electrons. The third kappa shape index (κ3) is 5.45. The van der Waals surface area contributed by atoms with Crippen LogP contribution in [-0.4, -0.2) is 33.6 Å². The van der Waals surface area contributed by atoms with E-state index in [1.165, 1.54) is 0 Å². The van der Waals surface area contributed by atoms with E-state index in [-0.39, 0.29) is 19.6 Å². The van der Waals surface area contributed by atoms with Gasteiger partial charge in [0, 0.05) is 12.0 Å². The minimum absolute atomic E-state index is 0.0261. The number of rotatable bonds is 7. The molecule has 0 aliphatic carbocycles. The van der Waals surface area contributed by atoms with Crippen LogP contribution in [0.1, 0.15) is 36.5 Å². The molecule has 3 aromatic rings.